The first-order valence-electron chi connectivity index (χ1n) is 9.07. The molecule has 0 aliphatic heterocycles. The molecule has 0 saturated carbocycles. The second-order valence-electron chi connectivity index (χ2n) is 6.31. The fourth-order valence-corrected chi connectivity index (χ4v) is 3.40. The Bertz CT molecular complexity index is 876. The maximum absolute atomic E-state index is 12.6. The van der Waals surface area contributed by atoms with Crippen LogP contribution in [0.2, 0.25) is 10.0 Å². The Balaban J connectivity index is 1.97. The summed E-state index contributed by atoms with van der Waals surface area (Å²) < 4.78 is 10.4. The predicted molar refractivity (Wildman–Crippen MR) is 117 cm³/mol. The first-order valence-corrected chi connectivity index (χ1v) is 11.2. The molecule has 0 unspecified atom stereocenters. The number of nitrogens with one attached hydrogen (secondary N) is 2. The lowest BCUT2D eigenvalue weighted by Crippen LogP contribution is -2.45. The van der Waals surface area contributed by atoms with E-state index in [0.29, 0.717) is 23.0 Å². The van der Waals surface area contributed by atoms with Gasteiger partial charge in [0.15, 0.2) is 6.10 Å². The average Bonchev–Trinajstić information content (AvgIpc) is 3.22. The zero-order valence-electron chi connectivity index (χ0n) is 16.4. The van der Waals surface area contributed by atoms with Gasteiger partial charge in [0.05, 0.1) is 23.4 Å². The first-order chi connectivity index (χ1) is 14.3. The van der Waals surface area contributed by atoms with Crippen LogP contribution in [0.15, 0.2) is 41.0 Å². The predicted octanol–water partition coefficient (Wildman–Crippen LogP) is 3.69. The van der Waals surface area contributed by atoms with Crippen molar-refractivity contribution in [2.24, 2.45) is 0 Å². The Morgan fingerprint density at radius 1 is 1.23 bits per heavy atom. The highest BCUT2D eigenvalue weighted by atomic mass is 35.5. The van der Waals surface area contributed by atoms with E-state index in [1.165, 1.54) is 43.1 Å². The Morgan fingerprint density at radius 3 is 2.63 bits per heavy atom. The Hall–Kier alpha value is -2.16. The van der Waals surface area contributed by atoms with Gasteiger partial charge in [-0.05, 0) is 55.7 Å². The fourth-order valence-electron chi connectivity index (χ4n) is 2.44. The topological polar surface area (TPSA) is 97.6 Å². The lowest BCUT2D eigenvalue weighted by molar-refractivity contribution is -0.156. The van der Waals surface area contributed by atoms with Gasteiger partial charge < -0.3 is 19.8 Å². The van der Waals surface area contributed by atoms with Crippen LogP contribution >= 0.6 is 35.0 Å². The van der Waals surface area contributed by atoms with Gasteiger partial charge in [-0.3, -0.25) is 9.59 Å². The largest absolute Gasteiger partial charge is 0.467 e. The summed E-state index contributed by atoms with van der Waals surface area (Å²) in [5, 5.41) is 5.81. The minimum absolute atomic E-state index is 0.169. The van der Waals surface area contributed by atoms with E-state index >= 15 is 0 Å². The summed E-state index contributed by atoms with van der Waals surface area (Å²) in [6.07, 6.45) is 2.67. The SMILES string of the molecule is CSCC[C@H](NC(=O)c1ccc(Cl)cc1Cl)C(=O)O[C@@H](C)C(=O)NCc1ccco1. The number of carbonyl (C=O) groups is 3. The van der Waals surface area contributed by atoms with Crippen LogP contribution in [0.5, 0.6) is 0 Å². The molecule has 0 bridgehead atoms. The first kappa shape index (κ1) is 24.1. The fraction of sp³-hybridized carbons (Fsp3) is 0.350. The number of esters is 1. The maximum Gasteiger partial charge on any atom is 0.329 e. The molecular weight excluding hydrogens is 451 g/mol. The summed E-state index contributed by atoms with van der Waals surface area (Å²) in [5.41, 5.74) is 0.187. The van der Waals surface area contributed by atoms with Crippen molar-refractivity contribution in [3.8, 4) is 0 Å². The normalized spacial score (nSPS) is 12.7. The summed E-state index contributed by atoms with van der Waals surface area (Å²) in [7, 11) is 0. The van der Waals surface area contributed by atoms with Gasteiger partial charge in [-0.25, -0.2) is 4.79 Å². The molecule has 30 heavy (non-hydrogen) atoms. The number of halogens is 2. The van der Waals surface area contributed by atoms with Crippen molar-refractivity contribution in [2.45, 2.75) is 32.0 Å². The van der Waals surface area contributed by atoms with E-state index in [1.54, 1.807) is 12.1 Å². The van der Waals surface area contributed by atoms with Gasteiger partial charge in [0.25, 0.3) is 11.8 Å². The van der Waals surface area contributed by atoms with Crippen molar-refractivity contribution in [3.05, 3.63) is 58.0 Å². The van der Waals surface area contributed by atoms with Crippen molar-refractivity contribution in [1.82, 2.24) is 10.6 Å². The third-order valence-electron chi connectivity index (χ3n) is 4.06. The minimum atomic E-state index is -1.04. The molecule has 162 valence electrons. The van der Waals surface area contributed by atoms with Crippen LogP contribution in [-0.2, 0) is 20.9 Å². The van der Waals surface area contributed by atoms with Crippen LogP contribution in [0, 0.1) is 0 Å². The summed E-state index contributed by atoms with van der Waals surface area (Å²) in [5.74, 6) is -0.534. The van der Waals surface area contributed by atoms with E-state index in [2.05, 4.69) is 10.6 Å². The van der Waals surface area contributed by atoms with Gasteiger partial charge in [0.2, 0.25) is 0 Å². The number of carbonyl (C=O) groups excluding carboxylic acids is 3. The van der Waals surface area contributed by atoms with Gasteiger partial charge in [0, 0.05) is 5.02 Å². The molecule has 1 aromatic heterocycles. The number of hydrogen-bond acceptors (Lipinski definition) is 6. The number of ether oxygens (including phenoxy) is 1. The Morgan fingerprint density at radius 2 is 2.00 bits per heavy atom. The third-order valence-corrected chi connectivity index (χ3v) is 5.25. The monoisotopic (exact) mass is 472 g/mol. The number of benzene rings is 1. The van der Waals surface area contributed by atoms with Crippen LogP contribution in [0.25, 0.3) is 0 Å². The standard InChI is InChI=1S/C20H22Cl2N2O5S/c1-12(18(25)23-11-14-4-3-8-28-14)29-20(27)17(7-9-30-2)24-19(26)15-6-5-13(21)10-16(15)22/h3-6,8,10,12,17H,7,9,11H2,1-2H3,(H,23,25)(H,24,26)/t12-,17-/m0/s1. The van der Waals surface area contributed by atoms with Crippen molar-refractivity contribution < 1.29 is 23.5 Å². The van der Waals surface area contributed by atoms with Gasteiger partial charge in [-0.1, -0.05) is 23.2 Å². The van der Waals surface area contributed by atoms with E-state index in [9.17, 15) is 14.4 Å². The number of hydrogen-bond donors (Lipinski definition) is 2. The summed E-state index contributed by atoms with van der Waals surface area (Å²) in [6.45, 7) is 1.63. The molecule has 1 aromatic carbocycles. The zero-order chi connectivity index (χ0) is 22.1. The van der Waals surface area contributed by atoms with E-state index in [-0.39, 0.29) is 17.1 Å². The molecule has 0 saturated heterocycles. The second kappa shape index (κ2) is 11.9. The van der Waals surface area contributed by atoms with Gasteiger partial charge >= 0.3 is 5.97 Å². The lowest BCUT2D eigenvalue weighted by atomic mass is 10.1. The molecule has 1 heterocycles. The molecular formula is C20H22Cl2N2O5S. The molecule has 2 rings (SSSR count). The summed E-state index contributed by atoms with van der Waals surface area (Å²) in [4.78, 5) is 37.3. The molecule has 2 amide bonds. The molecule has 10 heteroatoms. The van der Waals surface area contributed by atoms with Crippen LogP contribution < -0.4 is 10.6 Å². The van der Waals surface area contributed by atoms with Crippen LogP contribution in [-0.4, -0.2) is 41.9 Å². The van der Waals surface area contributed by atoms with Gasteiger partial charge in [0.1, 0.15) is 11.8 Å². The van der Waals surface area contributed by atoms with Crippen LogP contribution in [0.4, 0.5) is 0 Å². The minimum Gasteiger partial charge on any atom is -0.467 e. The number of thioether (sulfide) groups is 1. The van der Waals surface area contributed by atoms with E-state index < -0.39 is 29.9 Å². The van der Waals surface area contributed by atoms with E-state index in [0.717, 1.165) is 0 Å². The molecule has 0 radical (unpaired) electrons. The maximum atomic E-state index is 12.6. The molecule has 2 aromatic rings. The molecule has 0 aliphatic rings. The smallest absolute Gasteiger partial charge is 0.329 e. The highest BCUT2D eigenvalue weighted by Gasteiger charge is 2.27. The lowest BCUT2D eigenvalue weighted by Gasteiger charge is -2.20. The van der Waals surface area contributed by atoms with Crippen molar-refractivity contribution in [1.29, 1.82) is 0 Å². The highest BCUT2D eigenvalue weighted by Crippen LogP contribution is 2.21. The molecule has 0 aliphatic carbocycles. The quantitative estimate of drug-likeness (QED) is 0.511. The van der Waals surface area contributed by atoms with E-state index in [4.69, 9.17) is 32.4 Å². The third kappa shape index (κ3) is 7.27. The van der Waals surface area contributed by atoms with Crippen LogP contribution in [0.1, 0.15) is 29.5 Å². The van der Waals surface area contributed by atoms with Crippen molar-refractivity contribution in [2.75, 3.05) is 12.0 Å². The summed E-state index contributed by atoms with van der Waals surface area (Å²) >= 11 is 13.4. The van der Waals surface area contributed by atoms with Gasteiger partial charge in [-0.2, -0.15) is 11.8 Å². The molecule has 2 N–H and O–H groups in total. The Labute approximate surface area is 188 Å². The second-order valence-corrected chi connectivity index (χ2v) is 8.14. The van der Waals surface area contributed by atoms with Crippen molar-refractivity contribution in [3.63, 3.8) is 0 Å². The van der Waals surface area contributed by atoms with Gasteiger partial charge in [-0.15, -0.1) is 0 Å². The molecule has 0 spiro atoms. The number of amides is 2. The number of rotatable bonds is 10. The Kier molecular flexibility index (Phi) is 9.55. The van der Waals surface area contributed by atoms with Crippen molar-refractivity contribution >= 4 is 52.7 Å². The zero-order valence-corrected chi connectivity index (χ0v) is 18.8. The molecule has 0 fully saturated rings. The number of furan rings is 1. The van der Waals surface area contributed by atoms with Crippen LogP contribution in [0.3, 0.4) is 0 Å². The molecule has 7 nitrogen and oxygen atoms in total. The highest BCUT2D eigenvalue weighted by molar-refractivity contribution is 7.98. The molecule has 2 atom stereocenters. The van der Waals surface area contributed by atoms with E-state index in [1.807, 2.05) is 6.26 Å². The average molecular weight is 473 g/mol. The summed E-state index contributed by atoms with van der Waals surface area (Å²) in [6, 6.07) is 6.93.